The molecule has 12 heteroatoms. The second-order valence-electron chi connectivity index (χ2n) is 5.57. The SMILES string of the molecule is CN(C)C(=O)COC(=O)[C@@H](N)CSSC[C@H](N)C(=O)OCC(=O)N(C)C. The minimum Gasteiger partial charge on any atom is -0.454 e. The zero-order valence-electron chi connectivity index (χ0n) is 15.3. The molecule has 0 aliphatic heterocycles. The van der Waals surface area contributed by atoms with Crippen LogP contribution in [0.25, 0.3) is 0 Å². The molecule has 0 fully saturated rings. The lowest BCUT2D eigenvalue weighted by Crippen LogP contribution is -2.38. The molecule has 0 saturated carbocycles. The van der Waals surface area contributed by atoms with E-state index < -0.39 is 24.0 Å². The van der Waals surface area contributed by atoms with Gasteiger partial charge in [-0.1, -0.05) is 21.6 Å². The first-order valence-electron chi connectivity index (χ1n) is 7.55. The predicted octanol–water partition coefficient (Wildman–Crippen LogP) is -1.71. The van der Waals surface area contributed by atoms with Crippen molar-refractivity contribution in [2.75, 3.05) is 52.9 Å². The fourth-order valence-corrected chi connectivity index (χ4v) is 3.33. The van der Waals surface area contributed by atoms with Crippen LogP contribution in [0.5, 0.6) is 0 Å². The van der Waals surface area contributed by atoms with E-state index in [0.29, 0.717) is 0 Å². The lowest BCUT2D eigenvalue weighted by Gasteiger charge is -2.14. The maximum absolute atomic E-state index is 11.6. The Morgan fingerprint density at radius 1 is 0.769 bits per heavy atom. The Morgan fingerprint density at radius 3 is 1.35 bits per heavy atom. The molecular weight excluding hydrogens is 384 g/mol. The molecule has 0 aromatic heterocycles. The molecule has 0 radical (unpaired) electrons. The molecule has 2 amide bonds. The molecule has 0 aromatic carbocycles. The van der Waals surface area contributed by atoms with Crippen molar-refractivity contribution in [2.45, 2.75) is 12.1 Å². The zero-order chi connectivity index (χ0) is 20.3. The molecule has 26 heavy (non-hydrogen) atoms. The van der Waals surface area contributed by atoms with Gasteiger partial charge in [-0.2, -0.15) is 0 Å². The summed E-state index contributed by atoms with van der Waals surface area (Å²) in [6.45, 7) is -0.723. The number of nitrogens with two attached hydrogens (primary N) is 2. The number of carbonyl (C=O) groups is 4. The van der Waals surface area contributed by atoms with Crippen LogP contribution >= 0.6 is 21.6 Å². The summed E-state index contributed by atoms with van der Waals surface area (Å²) in [6.07, 6.45) is 0. The number of rotatable bonds is 11. The van der Waals surface area contributed by atoms with Crippen LogP contribution in [0.15, 0.2) is 0 Å². The fourth-order valence-electron chi connectivity index (χ4n) is 1.12. The second-order valence-corrected chi connectivity index (χ2v) is 8.13. The largest absolute Gasteiger partial charge is 0.454 e. The Morgan fingerprint density at radius 2 is 1.08 bits per heavy atom. The Labute approximate surface area is 160 Å². The van der Waals surface area contributed by atoms with Gasteiger partial charge in [0.25, 0.3) is 11.8 Å². The fraction of sp³-hybridized carbons (Fsp3) is 0.714. The highest BCUT2D eigenvalue weighted by Crippen LogP contribution is 2.22. The topological polar surface area (TPSA) is 145 Å². The first-order valence-corrected chi connectivity index (χ1v) is 10.0. The van der Waals surface area contributed by atoms with Crippen molar-refractivity contribution in [2.24, 2.45) is 11.5 Å². The molecule has 0 rings (SSSR count). The predicted molar refractivity (Wildman–Crippen MR) is 100 cm³/mol. The quantitative estimate of drug-likeness (QED) is 0.229. The maximum atomic E-state index is 11.6. The van der Waals surface area contributed by atoms with Crippen LogP contribution in [-0.2, 0) is 28.7 Å². The normalized spacial score (nSPS) is 12.7. The summed E-state index contributed by atoms with van der Waals surface area (Å²) in [5.74, 6) is -1.60. The minimum absolute atomic E-state index is 0.223. The highest BCUT2D eigenvalue weighted by Gasteiger charge is 2.20. The van der Waals surface area contributed by atoms with E-state index >= 15 is 0 Å². The monoisotopic (exact) mass is 410 g/mol. The molecule has 150 valence electrons. The van der Waals surface area contributed by atoms with Crippen molar-refractivity contribution < 1.29 is 28.7 Å². The molecule has 4 N–H and O–H groups in total. The maximum Gasteiger partial charge on any atom is 0.324 e. The summed E-state index contributed by atoms with van der Waals surface area (Å²) < 4.78 is 9.61. The minimum atomic E-state index is -0.900. The zero-order valence-corrected chi connectivity index (χ0v) is 16.9. The van der Waals surface area contributed by atoms with Gasteiger partial charge in [0.15, 0.2) is 13.2 Å². The first kappa shape index (κ1) is 24.5. The van der Waals surface area contributed by atoms with Gasteiger partial charge in [-0.25, -0.2) is 0 Å². The first-order chi connectivity index (χ1) is 12.1. The summed E-state index contributed by atoms with van der Waals surface area (Å²) >= 11 is 0. The summed E-state index contributed by atoms with van der Waals surface area (Å²) in [6, 6.07) is -1.80. The van der Waals surface area contributed by atoms with Crippen molar-refractivity contribution in [1.82, 2.24) is 9.80 Å². The van der Waals surface area contributed by atoms with Gasteiger partial charge in [0.2, 0.25) is 0 Å². The van der Waals surface area contributed by atoms with Crippen molar-refractivity contribution in [3.05, 3.63) is 0 Å². The number of esters is 2. The number of carbonyl (C=O) groups excluding carboxylic acids is 4. The molecule has 0 unspecified atom stereocenters. The Balaban J connectivity index is 3.95. The Kier molecular flexibility index (Phi) is 12.1. The number of hydrogen-bond acceptors (Lipinski definition) is 10. The van der Waals surface area contributed by atoms with Crippen LogP contribution in [0.3, 0.4) is 0 Å². The van der Waals surface area contributed by atoms with Gasteiger partial charge in [0.1, 0.15) is 12.1 Å². The van der Waals surface area contributed by atoms with E-state index in [1.807, 2.05) is 0 Å². The molecule has 2 atom stereocenters. The van der Waals surface area contributed by atoms with Crippen LogP contribution in [-0.4, -0.2) is 98.5 Å². The highest BCUT2D eigenvalue weighted by atomic mass is 33.1. The van der Waals surface area contributed by atoms with Crippen LogP contribution < -0.4 is 11.5 Å². The smallest absolute Gasteiger partial charge is 0.324 e. The van der Waals surface area contributed by atoms with Crippen LogP contribution in [0, 0.1) is 0 Å². The third kappa shape index (κ3) is 10.5. The molecule has 10 nitrogen and oxygen atoms in total. The molecule has 0 heterocycles. The van der Waals surface area contributed by atoms with E-state index in [1.165, 1.54) is 31.4 Å². The number of hydrogen-bond donors (Lipinski definition) is 2. The lowest BCUT2D eigenvalue weighted by atomic mass is 10.4. The second kappa shape index (κ2) is 12.8. The Hall–Kier alpha value is -1.50. The molecule has 0 bridgehead atoms. The average molecular weight is 411 g/mol. The van der Waals surface area contributed by atoms with Crippen LogP contribution in [0.2, 0.25) is 0 Å². The molecule has 0 aromatic rings. The van der Waals surface area contributed by atoms with Crippen molar-refractivity contribution in [3.8, 4) is 0 Å². The molecule has 0 saturated heterocycles. The summed E-state index contributed by atoms with van der Waals surface area (Å²) in [7, 11) is 8.67. The molecular formula is C14H26N4O6S2. The van der Waals surface area contributed by atoms with Gasteiger partial charge in [-0.05, 0) is 0 Å². The molecule has 0 aliphatic carbocycles. The average Bonchev–Trinajstić information content (AvgIpc) is 2.59. The van der Waals surface area contributed by atoms with Gasteiger partial charge in [-0.15, -0.1) is 0 Å². The number of nitrogens with zero attached hydrogens (tertiary/aromatic N) is 2. The van der Waals surface area contributed by atoms with E-state index in [-0.39, 0.29) is 36.5 Å². The van der Waals surface area contributed by atoms with Gasteiger partial charge >= 0.3 is 11.9 Å². The van der Waals surface area contributed by atoms with E-state index in [9.17, 15) is 19.2 Å². The summed E-state index contributed by atoms with van der Waals surface area (Å²) in [4.78, 5) is 48.5. The lowest BCUT2D eigenvalue weighted by molar-refractivity contribution is -0.151. The van der Waals surface area contributed by atoms with Gasteiger partial charge in [-0.3, -0.25) is 19.2 Å². The molecule has 0 spiro atoms. The molecule has 0 aliphatic rings. The van der Waals surface area contributed by atoms with E-state index in [2.05, 4.69) is 0 Å². The van der Waals surface area contributed by atoms with Gasteiger partial charge < -0.3 is 30.7 Å². The number of amides is 2. The number of likely N-dealkylation sites (N-methyl/N-ethyl adjacent to an activating group) is 2. The van der Waals surface area contributed by atoms with Crippen LogP contribution in [0.1, 0.15) is 0 Å². The van der Waals surface area contributed by atoms with Crippen LogP contribution in [0.4, 0.5) is 0 Å². The highest BCUT2D eigenvalue weighted by molar-refractivity contribution is 8.76. The van der Waals surface area contributed by atoms with Crippen molar-refractivity contribution >= 4 is 45.3 Å². The van der Waals surface area contributed by atoms with E-state index in [0.717, 1.165) is 0 Å². The summed E-state index contributed by atoms with van der Waals surface area (Å²) in [5, 5.41) is 0. The van der Waals surface area contributed by atoms with Crippen molar-refractivity contribution in [3.63, 3.8) is 0 Å². The standard InChI is InChI=1S/C14H26N4O6S2/c1-17(2)11(19)5-23-13(21)9(15)7-25-26-8-10(16)14(22)24-6-12(20)18(3)4/h9-10H,5-8,15-16H2,1-4H3/t9-,10-/m0/s1. The third-order valence-electron chi connectivity index (χ3n) is 2.86. The van der Waals surface area contributed by atoms with E-state index in [4.69, 9.17) is 20.9 Å². The van der Waals surface area contributed by atoms with Crippen molar-refractivity contribution in [1.29, 1.82) is 0 Å². The van der Waals surface area contributed by atoms with Gasteiger partial charge in [0.05, 0.1) is 0 Å². The Bertz CT molecular complexity index is 460. The number of ether oxygens (including phenoxy) is 2. The third-order valence-corrected chi connectivity index (χ3v) is 5.33. The summed E-state index contributed by atoms with van der Waals surface area (Å²) in [5.41, 5.74) is 11.3. The van der Waals surface area contributed by atoms with Gasteiger partial charge in [0, 0.05) is 39.7 Å². The van der Waals surface area contributed by atoms with E-state index in [1.54, 1.807) is 28.2 Å².